The Balaban J connectivity index is 1.51. The summed E-state index contributed by atoms with van der Waals surface area (Å²) in [6.45, 7) is 7.27. The maximum absolute atomic E-state index is 13.0. The van der Waals surface area contributed by atoms with Gasteiger partial charge in [0.2, 0.25) is 5.91 Å². The number of aromatic nitrogens is 1. The molecule has 0 spiro atoms. The molecule has 2 aliphatic heterocycles. The third-order valence-corrected chi connectivity index (χ3v) is 8.71. The number of benzene rings is 1. The zero-order chi connectivity index (χ0) is 31.9. The fraction of sp³-hybridized carbons (Fsp3) is 0.424. The molecular weight excluding hydrogens is 596 g/mol. The van der Waals surface area contributed by atoms with Gasteiger partial charge in [-0.2, -0.15) is 0 Å². The predicted octanol–water partition coefficient (Wildman–Crippen LogP) is 3.62. The lowest BCUT2D eigenvalue weighted by Crippen LogP contribution is -2.51. The highest BCUT2D eigenvalue weighted by Gasteiger charge is 2.37. The van der Waals surface area contributed by atoms with Crippen molar-refractivity contribution in [3.8, 4) is 0 Å². The number of hydrogen-bond donors (Lipinski definition) is 2. The summed E-state index contributed by atoms with van der Waals surface area (Å²) in [7, 11) is 3.29. The standard InChI is InChI=1S/C33H41ClN6O5/c1-4-38(2)28(20-35)31(37-29(41)21-43-3)27-18-22-6-5-11-36-30(22)32(25-8-7-23(34)19-26(25)27)39-12-14-40(15-13-39)33(42)45-24-9-16-44-17-10-24/h4-8,11,18-20,24,31-32H,1,9-10,12-17,21,35H2,2-3H3,(H,37,41)/b28-20-. The van der Waals surface area contributed by atoms with E-state index in [9.17, 15) is 9.59 Å². The molecule has 3 aliphatic rings. The molecule has 3 heterocycles. The number of hydrogen-bond acceptors (Lipinski definition) is 9. The van der Waals surface area contributed by atoms with Gasteiger partial charge in [0.15, 0.2) is 0 Å². The zero-order valence-corrected chi connectivity index (χ0v) is 26.5. The van der Waals surface area contributed by atoms with E-state index in [1.54, 1.807) is 22.2 Å². The van der Waals surface area contributed by atoms with Crippen molar-refractivity contribution in [1.82, 2.24) is 25.0 Å². The number of likely N-dealkylation sites (N-methyl/N-ethyl adjacent to an activating group) is 1. The van der Waals surface area contributed by atoms with Crippen molar-refractivity contribution in [3.05, 3.63) is 88.6 Å². The molecule has 2 unspecified atom stereocenters. The molecule has 12 heteroatoms. The number of ether oxygens (including phenoxy) is 3. The summed E-state index contributed by atoms with van der Waals surface area (Å²) >= 11 is 6.64. The molecule has 2 atom stereocenters. The van der Waals surface area contributed by atoms with Gasteiger partial charge in [-0.15, -0.1) is 0 Å². The molecule has 5 rings (SSSR count). The Labute approximate surface area is 269 Å². The Morgan fingerprint density at radius 3 is 2.69 bits per heavy atom. The molecule has 3 N–H and O–H groups in total. The van der Waals surface area contributed by atoms with Crippen LogP contribution in [0.4, 0.5) is 4.79 Å². The van der Waals surface area contributed by atoms with Crippen molar-refractivity contribution in [2.45, 2.75) is 31.0 Å². The van der Waals surface area contributed by atoms with E-state index in [4.69, 9.17) is 36.5 Å². The van der Waals surface area contributed by atoms with Gasteiger partial charge in [0.25, 0.3) is 0 Å². The minimum atomic E-state index is -0.665. The molecule has 1 aliphatic carbocycles. The molecule has 45 heavy (non-hydrogen) atoms. The molecule has 0 bridgehead atoms. The molecule has 1 aromatic carbocycles. The number of halogens is 1. The molecule has 2 saturated heterocycles. The second kappa shape index (κ2) is 14.9. The van der Waals surface area contributed by atoms with Gasteiger partial charge >= 0.3 is 6.09 Å². The highest BCUT2D eigenvalue weighted by atomic mass is 35.5. The van der Waals surface area contributed by atoms with E-state index < -0.39 is 6.04 Å². The van der Waals surface area contributed by atoms with Crippen LogP contribution in [0.2, 0.25) is 5.02 Å². The number of nitrogens with two attached hydrogens (primary N) is 1. The van der Waals surface area contributed by atoms with E-state index in [0.29, 0.717) is 50.1 Å². The summed E-state index contributed by atoms with van der Waals surface area (Å²) in [4.78, 5) is 36.8. The van der Waals surface area contributed by atoms with Crippen molar-refractivity contribution in [2.24, 2.45) is 5.73 Å². The number of nitrogens with one attached hydrogen (secondary N) is 1. The van der Waals surface area contributed by atoms with Crippen LogP contribution in [0.15, 0.2) is 61.2 Å². The lowest BCUT2D eigenvalue weighted by atomic mass is 9.89. The van der Waals surface area contributed by atoms with Gasteiger partial charge in [-0.05, 0) is 52.7 Å². The third-order valence-electron chi connectivity index (χ3n) is 8.48. The second-order valence-corrected chi connectivity index (χ2v) is 11.7. The molecule has 2 aromatic rings. The second-order valence-electron chi connectivity index (χ2n) is 11.2. The average molecular weight is 637 g/mol. The topological polar surface area (TPSA) is 122 Å². The Kier molecular flexibility index (Phi) is 10.8. The number of carbonyl (C=O) groups is 2. The van der Waals surface area contributed by atoms with E-state index >= 15 is 0 Å². The molecular formula is C33H41ClN6O5. The Hall–Kier alpha value is -3.90. The van der Waals surface area contributed by atoms with Gasteiger partial charge in [-0.25, -0.2) is 4.79 Å². The van der Waals surface area contributed by atoms with Gasteiger partial charge < -0.3 is 35.1 Å². The highest BCUT2D eigenvalue weighted by Crippen LogP contribution is 2.42. The summed E-state index contributed by atoms with van der Waals surface area (Å²) in [6, 6.07) is 8.81. The summed E-state index contributed by atoms with van der Waals surface area (Å²) in [5.41, 5.74) is 11.2. The van der Waals surface area contributed by atoms with Crippen LogP contribution in [0.25, 0.3) is 11.6 Å². The minimum Gasteiger partial charge on any atom is -0.446 e. The number of rotatable bonds is 9. The van der Waals surface area contributed by atoms with Crippen molar-refractivity contribution in [3.63, 3.8) is 0 Å². The smallest absolute Gasteiger partial charge is 0.410 e. The normalized spacial score (nSPS) is 19.8. The lowest BCUT2D eigenvalue weighted by molar-refractivity contribution is -0.124. The van der Waals surface area contributed by atoms with Gasteiger partial charge in [0.1, 0.15) is 12.7 Å². The van der Waals surface area contributed by atoms with Crippen LogP contribution in [0.3, 0.4) is 0 Å². The third kappa shape index (κ3) is 7.33. The van der Waals surface area contributed by atoms with Crippen LogP contribution in [0, 0.1) is 0 Å². The van der Waals surface area contributed by atoms with Crippen molar-refractivity contribution >= 4 is 35.3 Å². The van der Waals surface area contributed by atoms with E-state index in [1.807, 2.05) is 43.5 Å². The van der Waals surface area contributed by atoms with Crippen molar-refractivity contribution in [2.75, 3.05) is 60.2 Å². The first-order valence-corrected chi connectivity index (χ1v) is 15.5. The first-order valence-electron chi connectivity index (χ1n) is 15.1. The van der Waals surface area contributed by atoms with E-state index in [2.05, 4.69) is 16.8 Å². The highest BCUT2D eigenvalue weighted by molar-refractivity contribution is 6.30. The van der Waals surface area contributed by atoms with Crippen molar-refractivity contribution in [1.29, 1.82) is 0 Å². The van der Waals surface area contributed by atoms with Crippen LogP contribution in [0.5, 0.6) is 0 Å². The summed E-state index contributed by atoms with van der Waals surface area (Å²) in [6.07, 6.45) is 7.99. The van der Waals surface area contributed by atoms with Crippen LogP contribution < -0.4 is 11.1 Å². The first kappa shape index (κ1) is 32.5. The maximum Gasteiger partial charge on any atom is 0.410 e. The van der Waals surface area contributed by atoms with Gasteiger partial charge in [-0.3, -0.25) is 14.7 Å². The van der Waals surface area contributed by atoms with E-state index in [-0.39, 0.29) is 30.8 Å². The maximum atomic E-state index is 13.0. The number of amides is 2. The molecule has 0 radical (unpaired) electrons. The van der Waals surface area contributed by atoms with Crippen LogP contribution >= 0.6 is 11.6 Å². The van der Waals surface area contributed by atoms with Gasteiger partial charge in [-0.1, -0.05) is 30.3 Å². The molecule has 11 nitrogen and oxygen atoms in total. The summed E-state index contributed by atoms with van der Waals surface area (Å²) in [5.74, 6) is -0.306. The molecule has 0 saturated carbocycles. The largest absolute Gasteiger partial charge is 0.446 e. The van der Waals surface area contributed by atoms with Crippen LogP contribution in [-0.4, -0.2) is 104 Å². The fourth-order valence-corrected chi connectivity index (χ4v) is 6.31. The fourth-order valence-electron chi connectivity index (χ4n) is 6.14. The summed E-state index contributed by atoms with van der Waals surface area (Å²) < 4.78 is 16.3. The van der Waals surface area contributed by atoms with E-state index in [1.165, 1.54) is 13.3 Å². The number of methoxy groups -OCH3 is 1. The number of piperazine rings is 1. The molecule has 240 valence electrons. The Morgan fingerprint density at radius 2 is 2.00 bits per heavy atom. The van der Waals surface area contributed by atoms with Gasteiger partial charge in [0, 0.05) is 70.6 Å². The molecule has 2 amide bonds. The molecule has 2 fully saturated rings. The van der Waals surface area contributed by atoms with Crippen molar-refractivity contribution < 1.29 is 23.8 Å². The quantitative estimate of drug-likeness (QED) is 0.425. The van der Waals surface area contributed by atoms with Crippen LogP contribution in [-0.2, 0) is 19.0 Å². The predicted molar refractivity (Wildman–Crippen MR) is 173 cm³/mol. The van der Waals surface area contributed by atoms with E-state index in [0.717, 1.165) is 40.8 Å². The van der Waals surface area contributed by atoms with Crippen LogP contribution in [0.1, 0.15) is 41.3 Å². The number of fused-ring (bicyclic) bond motifs is 2. The zero-order valence-electron chi connectivity index (χ0n) is 25.8. The molecule has 1 aromatic heterocycles. The SMILES string of the molecule is C=CN(C)/C(=C\N)C(NC(=O)COC)C1=Cc2cccnc2C(N2CCN(C(=O)OC3CCOCC3)CC2)c2ccc(Cl)cc21. The Morgan fingerprint density at radius 1 is 1.24 bits per heavy atom. The number of nitrogens with zero attached hydrogens (tertiary/aromatic N) is 4. The monoisotopic (exact) mass is 636 g/mol. The first-order chi connectivity index (χ1) is 21.8. The number of carbonyl (C=O) groups excluding carboxylic acids is 2. The summed E-state index contributed by atoms with van der Waals surface area (Å²) in [5, 5.41) is 3.66. The lowest BCUT2D eigenvalue weighted by Gasteiger charge is -2.40. The number of pyridine rings is 1. The average Bonchev–Trinajstić information content (AvgIpc) is 3.19. The Bertz CT molecular complexity index is 1450. The van der Waals surface area contributed by atoms with Gasteiger partial charge in [0.05, 0.1) is 36.7 Å². The minimum absolute atomic E-state index is 0.103.